The van der Waals surface area contributed by atoms with Crippen LogP contribution in [0.15, 0.2) is 42.0 Å². The minimum Gasteiger partial charge on any atom is -0.376 e. The summed E-state index contributed by atoms with van der Waals surface area (Å²) in [5.74, 6) is 0. The Kier molecular flexibility index (Phi) is 4.44. The van der Waals surface area contributed by atoms with Gasteiger partial charge in [0.25, 0.3) is 0 Å². The van der Waals surface area contributed by atoms with Crippen molar-refractivity contribution in [2.75, 3.05) is 6.61 Å². The van der Waals surface area contributed by atoms with Crippen molar-refractivity contribution >= 4 is 11.6 Å². The molecule has 0 bridgehead atoms. The van der Waals surface area contributed by atoms with Crippen molar-refractivity contribution in [2.24, 2.45) is 0 Å². The standard InChI is InChI=1S/C14H17ClO/c15-14-7-6-12(10-14)8-9-16-11-13-4-2-1-3-5-13/h1-5,10,14H,6-9,11H2. The molecule has 1 atom stereocenters. The third kappa shape index (κ3) is 3.66. The number of benzene rings is 1. The molecule has 2 heteroatoms. The van der Waals surface area contributed by atoms with E-state index >= 15 is 0 Å². The number of alkyl halides is 1. The summed E-state index contributed by atoms with van der Waals surface area (Å²) in [4.78, 5) is 0. The molecule has 1 unspecified atom stereocenters. The van der Waals surface area contributed by atoms with Crippen molar-refractivity contribution < 1.29 is 4.74 Å². The summed E-state index contributed by atoms with van der Waals surface area (Å²) in [6.07, 6.45) is 5.43. The lowest BCUT2D eigenvalue weighted by Gasteiger charge is -2.04. The van der Waals surface area contributed by atoms with E-state index in [1.54, 1.807) is 0 Å². The van der Waals surface area contributed by atoms with Crippen LogP contribution in [0.5, 0.6) is 0 Å². The smallest absolute Gasteiger partial charge is 0.0717 e. The summed E-state index contributed by atoms with van der Waals surface area (Å²) >= 11 is 6.00. The van der Waals surface area contributed by atoms with Gasteiger partial charge in [-0.1, -0.05) is 42.0 Å². The average molecular weight is 237 g/mol. The molecule has 0 radical (unpaired) electrons. The minimum absolute atomic E-state index is 0.254. The molecule has 2 rings (SSSR count). The van der Waals surface area contributed by atoms with Gasteiger partial charge in [0.15, 0.2) is 0 Å². The van der Waals surface area contributed by atoms with Gasteiger partial charge in [0.2, 0.25) is 0 Å². The second kappa shape index (κ2) is 6.07. The maximum Gasteiger partial charge on any atom is 0.0717 e. The van der Waals surface area contributed by atoms with Gasteiger partial charge in [-0.15, -0.1) is 11.6 Å². The van der Waals surface area contributed by atoms with E-state index < -0.39 is 0 Å². The molecule has 1 aliphatic rings. The molecule has 0 saturated heterocycles. The largest absolute Gasteiger partial charge is 0.376 e. The fourth-order valence-corrected chi connectivity index (χ4v) is 2.21. The zero-order valence-corrected chi connectivity index (χ0v) is 10.1. The van der Waals surface area contributed by atoms with Gasteiger partial charge in [-0.25, -0.2) is 0 Å². The predicted octanol–water partition coefficient (Wildman–Crippen LogP) is 3.92. The van der Waals surface area contributed by atoms with Crippen molar-refractivity contribution in [2.45, 2.75) is 31.2 Å². The summed E-state index contributed by atoms with van der Waals surface area (Å²) in [5, 5.41) is 0.254. The summed E-state index contributed by atoms with van der Waals surface area (Å²) in [5.41, 5.74) is 2.69. The normalized spacial score (nSPS) is 19.8. The second-order valence-corrected chi connectivity index (χ2v) is 4.73. The highest BCUT2D eigenvalue weighted by Gasteiger charge is 2.12. The lowest BCUT2D eigenvalue weighted by atomic mass is 10.2. The SMILES string of the molecule is ClC1C=C(CCOCc2ccccc2)CC1. The van der Waals surface area contributed by atoms with Crippen LogP contribution in [0.25, 0.3) is 0 Å². The molecule has 1 aromatic rings. The fourth-order valence-electron chi connectivity index (χ4n) is 1.92. The Hall–Kier alpha value is -0.790. The first-order chi connectivity index (χ1) is 7.84. The monoisotopic (exact) mass is 236 g/mol. The molecule has 0 saturated carbocycles. The maximum atomic E-state index is 6.00. The lowest BCUT2D eigenvalue weighted by Crippen LogP contribution is -1.96. The Balaban J connectivity index is 1.64. The Bertz CT molecular complexity index is 345. The van der Waals surface area contributed by atoms with Crippen molar-refractivity contribution in [1.82, 2.24) is 0 Å². The van der Waals surface area contributed by atoms with Crippen molar-refractivity contribution in [1.29, 1.82) is 0 Å². The van der Waals surface area contributed by atoms with E-state index in [1.165, 1.54) is 11.1 Å². The number of halogens is 1. The van der Waals surface area contributed by atoms with E-state index in [2.05, 4.69) is 18.2 Å². The topological polar surface area (TPSA) is 9.23 Å². The molecule has 0 aromatic heterocycles. The van der Waals surface area contributed by atoms with Crippen molar-refractivity contribution in [3.63, 3.8) is 0 Å². The van der Waals surface area contributed by atoms with Gasteiger partial charge in [0, 0.05) is 0 Å². The Morgan fingerprint density at radius 2 is 2.06 bits per heavy atom. The molecule has 0 fully saturated rings. The van der Waals surface area contributed by atoms with E-state index in [9.17, 15) is 0 Å². The zero-order valence-electron chi connectivity index (χ0n) is 9.36. The van der Waals surface area contributed by atoms with Gasteiger partial charge in [-0.05, 0) is 24.8 Å². The minimum atomic E-state index is 0.254. The van der Waals surface area contributed by atoms with Crippen LogP contribution in [0.2, 0.25) is 0 Å². The first-order valence-corrected chi connectivity index (χ1v) is 6.23. The van der Waals surface area contributed by atoms with Crippen molar-refractivity contribution in [3.05, 3.63) is 47.5 Å². The van der Waals surface area contributed by atoms with Gasteiger partial charge < -0.3 is 4.74 Å². The predicted molar refractivity (Wildman–Crippen MR) is 67.7 cm³/mol. The van der Waals surface area contributed by atoms with E-state index in [1.807, 2.05) is 18.2 Å². The first kappa shape index (κ1) is 11.7. The fraction of sp³-hybridized carbons (Fsp3) is 0.429. The highest BCUT2D eigenvalue weighted by Crippen LogP contribution is 2.24. The molecular weight excluding hydrogens is 220 g/mol. The quantitative estimate of drug-likeness (QED) is 0.428. The summed E-state index contributed by atoms with van der Waals surface area (Å²) in [6.45, 7) is 1.50. The second-order valence-electron chi connectivity index (χ2n) is 4.17. The van der Waals surface area contributed by atoms with Gasteiger partial charge >= 0.3 is 0 Å². The van der Waals surface area contributed by atoms with Crippen LogP contribution < -0.4 is 0 Å². The van der Waals surface area contributed by atoms with Gasteiger partial charge in [0.1, 0.15) is 0 Å². The molecule has 1 nitrogen and oxygen atoms in total. The maximum absolute atomic E-state index is 6.00. The van der Waals surface area contributed by atoms with Crippen LogP contribution in [0.4, 0.5) is 0 Å². The Labute approximate surface area is 102 Å². The molecular formula is C14H17ClO. The molecule has 1 aliphatic carbocycles. The Morgan fingerprint density at radius 1 is 1.25 bits per heavy atom. The van der Waals surface area contributed by atoms with Crippen LogP contribution in [0, 0.1) is 0 Å². The summed E-state index contributed by atoms with van der Waals surface area (Å²) in [7, 11) is 0. The van der Waals surface area contributed by atoms with Crippen molar-refractivity contribution in [3.8, 4) is 0 Å². The van der Waals surface area contributed by atoms with E-state index in [0.29, 0.717) is 6.61 Å². The van der Waals surface area contributed by atoms with Gasteiger partial charge in [-0.3, -0.25) is 0 Å². The third-order valence-electron chi connectivity index (χ3n) is 2.84. The highest BCUT2D eigenvalue weighted by molar-refractivity contribution is 6.22. The lowest BCUT2D eigenvalue weighted by molar-refractivity contribution is 0.123. The van der Waals surface area contributed by atoms with Crippen LogP contribution in [-0.4, -0.2) is 12.0 Å². The van der Waals surface area contributed by atoms with E-state index in [0.717, 1.165) is 25.9 Å². The Morgan fingerprint density at radius 3 is 2.75 bits per heavy atom. The number of hydrogen-bond acceptors (Lipinski definition) is 1. The van der Waals surface area contributed by atoms with E-state index in [-0.39, 0.29) is 5.38 Å². The van der Waals surface area contributed by atoms with Gasteiger partial charge in [-0.2, -0.15) is 0 Å². The number of hydrogen-bond donors (Lipinski definition) is 0. The summed E-state index contributed by atoms with van der Waals surface area (Å²) in [6, 6.07) is 10.3. The molecule has 86 valence electrons. The summed E-state index contributed by atoms with van der Waals surface area (Å²) < 4.78 is 5.63. The molecule has 0 spiro atoms. The number of ether oxygens (including phenoxy) is 1. The van der Waals surface area contributed by atoms with Crippen LogP contribution in [0.1, 0.15) is 24.8 Å². The number of allylic oxidation sites excluding steroid dienone is 1. The molecule has 16 heavy (non-hydrogen) atoms. The van der Waals surface area contributed by atoms with Crippen LogP contribution >= 0.6 is 11.6 Å². The molecule has 0 aliphatic heterocycles. The average Bonchev–Trinajstić information content (AvgIpc) is 2.72. The molecule has 0 heterocycles. The third-order valence-corrected chi connectivity index (χ3v) is 3.18. The first-order valence-electron chi connectivity index (χ1n) is 5.80. The molecule has 0 N–H and O–H groups in total. The van der Waals surface area contributed by atoms with E-state index in [4.69, 9.17) is 16.3 Å². The highest BCUT2D eigenvalue weighted by atomic mass is 35.5. The molecule has 1 aromatic carbocycles. The molecule has 0 amide bonds. The zero-order chi connectivity index (χ0) is 11.2. The van der Waals surface area contributed by atoms with Crippen LogP contribution in [0.3, 0.4) is 0 Å². The van der Waals surface area contributed by atoms with Crippen LogP contribution in [-0.2, 0) is 11.3 Å². The number of rotatable bonds is 5. The van der Waals surface area contributed by atoms with Gasteiger partial charge in [0.05, 0.1) is 18.6 Å².